The van der Waals surface area contributed by atoms with E-state index in [2.05, 4.69) is 4.74 Å². The van der Waals surface area contributed by atoms with Crippen LogP contribution in [0.3, 0.4) is 0 Å². The molecule has 0 saturated heterocycles. The Morgan fingerprint density at radius 3 is 2.62 bits per heavy atom. The second-order valence-electron chi connectivity index (χ2n) is 3.24. The maximum atomic E-state index is 12.0. The van der Waals surface area contributed by atoms with E-state index in [0.717, 1.165) is 10.9 Å². The summed E-state index contributed by atoms with van der Waals surface area (Å²) in [4.78, 5) is 0. The second kappa shape index (κ2) is 3.82. The first-order valence-corrected chi connectivity index (χ1v) is 5.55. The normalized spacial score (nSPS) is 12.1. The Balaban J connectivity index is 2.51. The average molecular weight is 267 g/mol. The molecule has 86 valence electrons. The predicted octanol–water partition coefficient (Wildman–Crippen LogP) is 4.76. The Kier molecular flexibility index (Phi) is 2.75. The van der Waals surface area contributed by atoms with Crippen LogP contribution in [-0.4, -0.2) is 6.36 Å². The van der Waals surface area contributed by atoms with Gasteiger partial charge >= 0.3 is 6.36 Å². The van der Waals surface area contributed by atoms with Gasteiger partial charge in [-0.3, -0.25) is 0 Å². The van der Waals surface area contributed by atoms with Crippen LogP contribution < -0.4 is 4.74 Å². The minimum absolute atomic E-state index is 0.274. The Labute approximate surface area is 98.4 Å². The molecule has 0 unspecified atom stereocenters. The number of halogens is 4. The monoisotopic (exact) mass is 266 g/mol. The summed E-state index contributed by atoms with van der Waals surface area (Å²) in [5.74, 6) is -0.285. The van der Waals surface area contributed by atoms with Crippen LogP contribution in [-0.2, 0) is 0 Å². The molecule has 6 heteroatoms. The molecule has 1 heterocycles. The van der Waals surface area contributed by atoms with Crippen molar-refractivity contribution >= 4 is 33.0 Å². The topological polar surface area (TPSA) is 9.23 Å². The van der Waals surface area contributed by atoms with Gasteiger partial charge in [0.25, 0.3) is 0 Å². The van der Waals surface area contributed by atoms with Crippen LogP contribution in [0.2, 0.25) is 5.02 Å². The molecular weight excluding hydrogens is 261 g/mol. The van der Waals surface area contributed by atoms with Crippen LogP contribution in [0.4, 0.5) is 13.2 Å². The van der Waals surface area contributed by atoms with Crippen molar-refractivity contribution in [2.75, 3.05) is 0 Å². The molecule has 0 amide bonds. The van der Waals surface area contributed by atoms with Gasteiger partial charge in [-0.2, -0.15) is 0 Å². The van der Waals surface area contributed by atoms with Crippen molar-refractivity contribution in [2.45, 2.75) is 13.3 Å². The van der Waals surface area contributed by atoms with E-state index in [-0.39, 0.29) is 10.8 Å². The number of alkyl halides is 3. The minimum Gasteiger partial charge on any atom is -0.406 e. The van der Waals surface area contributed by atoms with Crippen molar-refractivity contribution in [1.82, 2.24) is 0 Å². The molecule has 0 radical (unpaired) electrons. The van der Waals surface area contributed by atoms with Gasteiger partial charge in [0.15, 0.2) is 0 Å². The van der Waals surface area contributed by atoms with Gasteiger partial charge in [0.1, 0.15) is 5.75 Å². The molecule has 16 heavy (non-hydrogen) atoms. The van der Waals surface area contributed by atoms with Crippen molar-refractivity contribution in [3.63, 3.8) is 0 Å². The third-order valence-electron chi connectivity index (χ3n) is 2.02. The Hall–Kier alpha value is -0.940. The fourth-order valence-electron chi connectivity index (χ4n) is 1.44. The lowest BCUT2D eigenvalue weighted by Crippen LogP contribution is -2.17. The van der Waals surface area contributed by atoms with E-state index in [4.69, 9.17) is 11.6 Å². The van der Waals surface area contributed by atoms with Crippen molar-refractivity contribution in [3.8, 4) is 5.75 Å². The Bertz CT molecular complexity index is 533. The molecule has 0 spiro atoms. The van der Waals surface area contributed by atoms with Crippen molar-refractivity contribution < 1.29 is 17.9 Å². The molecule has 1 aromatic carbocycles. The summed E-state index contributed by atoms with van der Waals surface area (Å²) >= 11 is 7.23. The van der Waals surface area contributed by atoms with Gasteiger partial charge in [-0.15, -0.1) is 24.5 Å². The quantitative estimate of drug-likeness (QED) is 0.723. The summed E-state index contributed by atoms with van der Waals surface area (Å²) in [6.07, 6.45) is -4.69. The lowest BCUT2D eigenvalue weighted by Gasteiger charge is -2.09. The molecule has 0 fully saturated rings. The van der Waals surface area contributed by atoms with Crippen molar-refractivity contribution in [1.29, 1.82) is 0 Å². The van der Waals surface area contributed by atoms with Crippen LogP contribution in [0.25, 0.3) is 10.1 Å². The minimum atomic E-state index is -4.69. The second-order valence-corrected chi connectivity index (χ2v) is 4.56. The summed E-state index contributed by atoms with van der Waals surface area (Å²) in [6.45, 7) is 1.86. The summed E-state index contributed by atoms with van der Waals surface area (Å²) < 4.78 is 40.6. The first-order chi connectivity index (χ1) is 7.37. The van der Waals surface area contributed by atoms with Gasteiger partial charge in [-0.25, -0.2) is 0 Å². The molecule has 0 saturated carbocycles. The molecule has 0 aliphatic heterocycles. The van der Waals surface area contributed by atoms with Gasteiger partial charge in [-0.05, 0) is 30.0 Å². The molecule has 0 atom stereocenters. The van der Waals surface area contributed by atoms with Crippen LogP contribution in [0.1, 0.15) is 5.56 Å². The molecule has 2 aromatic rings. The smallest absolute Gasteiger partial charge is 0.406 e. The maximum absolute atomic E-state index is 12.0. The zero-order valence-electron chi connectivity index (χ0n) is 8.06. The predicted molar refractivity (Wildman–Crippen MR) is 58.3 cm³/mol. The number of rotatable bonds is 1. The first kappa shape index (κ1) is 11.5. The number of thiophene rings is 1. The Morgan fingerprint density at radius 1 is 1.31 bits per heavy atom. The summed E-state index contributed by atoms with van der Waals surface area (Å²) in [7, 11) is 0. The standard InChI is InChI=1S/C10H6ClF3OS/c1-5-4-16-8-3-6(15-10(12,13)14)2-7(11)9(5)8/h2-4H,1H3. The maximum Gasteiger partial charge on any atom is 0.573 e. The Morgan fingerprint density at radius 2 is 2.00 bits per heavy atom. The fraction of sp³-hybridized carbons (Fsp3) is 0.200. The molecule has 0 bridgehead atoms. The number of benzene rings is 1. The van der Waals surface area contributed by atoms with E-state index in [1.54, 1.807) is 0 Å². The molecular formula is C10H6ClF3OS. The third-order valence-corrected chi connectivity index (χ3v) is 3.36. The number of hydrogen-bond donors (Lipinski definition) is 0. The summed E-state index contributed by atoms with van der Waals surface area (Å²) in [6, 6.07) is 2.52. The molecule has 1 nitrogen and oxygen atoms in total. The highest BCUT2D eigenvalue weighted by Gasteiger charge is 2.31. The third kappa shape index (κ3) is 2.25. The van der Waals surface area contributed by atoms with E-state index in [9.17, 15) is 13.2 Å². The largest absolute Gasteiger partial charge is 0.573 e. The van der Waals surface area contributed by atoms with Crippen molar-refractivity contribution in [2.24, 2.45) is 0 Å². The number of hydrogen-bond acceptors (Lipinski definition) is 2. The van der Waals surface area contributed by atoms with Crippen LogP contribution in [0, 0.1) is 6.92 Å². The zero-order valence-corrected chi connectivity index (χ0v) is 9.63. The lowest BCUT2D eigenvalue weighted by atomic mass is 10.2. The van der Waals surface area contributed by atoms with E-state index in [1.807, 2.05) is 12.3 Å². The molecule has 0 N–H and O–H groups in total. The number of fused-ring (bicyclic) bond motifs is 1. The van der Waals surface area contributed by atoms with Crippen molar-refractivity contribution in [3.05, 3.63) is 28.1 Å². The highest BCUT2D eigenvalue weighted by atomic mass is 35.5. The molecule has 0 aliphatic rings. The number of ether oxygens (including phenoxy) is 1. The van der Waals surface area contributed by atoms with Crippen LogP contribution in [0.5, 0.6) is 5.75 Å². The molecule has 1 aromatic heterocycles. The van der Waals surface area contributed by atoms with E-state index in [1.165, 1.54) is 23.5 Å². The molecule has 0 aliphatic carbocycles. The van der Waals surface area contributed by atoms with Crippen LogP contribution >= 0.6 is 22.9 Å². The number of aryl methyl sites for hydroxylation is 1. The summed E-state index contributed by atoms with van der Waals surface area (Å²) in [5.41, 5.74) is 0.948. The highest BCUT2D eigenvalue weighted by Crippen LogP contribution is 2.36. The SMILES string of the molecule is Cc1csc2cc(OC(F)(F)F)cc(Cl)c12. The van der Waals surface area contributed by atoms with Gasteiger partial charge in [0, 0.05) is 10.1 Å². The van der Waals surface area contributed by atoms with E-state index in [0.29, 0.717) is 4.70 Å². The summed E-state index contributed by atoms with van der Waals surface area (Å²) in [5, 5.41) is 2.89. The van der Waals surface area contributed by atoms with Gasteiger partial charge in [0.05, 0.1) is 5.02 Å². The van der Waals surface area contributed by atoms with E-state index >= 15 is 0 Å². The lowest BCUT2D eigenvalue weighted by molar-refractivity contribution is -0.274. The van der Waals surface area contributed by atoms with E-state index < -0.39 is 6.36 Å². The van der Waals surface area contributed by atoms with Gasteiger partial charge in [0.2, 0.25) is 0 Å². The van der Waals surface area contributed by atoms with Gasteiger partial charge < -0.3 is 4.74 Å². The van der Waals surface area contributed by atoms with Gasteiger partial charge in [-0.1, -0.05) is 11.6 Å². The zero-order chi connectivity index (χ0) is 11.9. The fourth-order valence-corrected chi connectivity index (χ4v) is 2.85. The first-order valence-electron chi connectivity index (χ1n) is 4.30. The highest BCUT2D eigenvalue weighted by molar-refractivity contribution is 7.17. The van der Waals surface area contributed by atoms with Crippen LogP contribution in [0.15, 0.2) is 17.5 Å². The molecule has 2 rings (SSSR count). The average Bonchev–Trinajstić information content (AvgIpc) is 2.44.